The van der Waals surface area contributed by atoms with Crippen LogP contribution in [0, 0.1) is 4.77 Å². The van der Waals surface area contributed by atoms with E-state index in [9.17, 15) is 13.2 Å². The lowest BCUT2D eigenvalue weighted by Gasteiger charge is -2.18. The molecule has 1 atom stereocenters. The van der Waals surface area contributed by atoms with Gasteiger partial charge in [-0.2, -0.15) is 5.10 Å². The van der Waals surface area contributed by atoms with Crippen molar-refractivity contribution in [1.82, 2.24) is 24.4 Å². The molecule has 0 aromatic carbocycles. The smallest absolute Gasteiger partial charge is 0.242 e. The number of hydrogen-bond donors (Lipinski definition) is 2. The van der Waals surface area contributed by atoms with Crippen LogP contribution in [-0.2, 0) is 14.8 Å². The minimum atomic E-state index is -3.21. The average Bonchev–Trinajstić information content (AvgIpc) is 3.21. The Morgan fingerprint density at radius 2 is 2.27 bits per heavy atom. The van der Waals surface area contributed by atoms with Crippen molar-refractivity contribution < 1.29 is 13.2 Å². The lowest BCUT2D eigenvalue weighted by molar-refractivity contribution is -0.123. The molecule has 144 valence electrons. The minimum Gasteiger partial charge on any atom is -0.354 e. The highest BCUT2D eigenvalue weighted by Gasteiger charge is 2.21. The zero-order chi connectivity index (χ0) is 19.3. The van der Waals surface area contributed by atoms with Crippen LogP contribution in [0.4, 0.5) is 0 Å². The fourth-order valence-corrected chi connectivity index (χ4v) is 4.46. The van der Waals surface area contributed by atoms with Crippen LogP contribution in [0.15, 0.2) is 17.5 Å². The van der Waals surface area contributed by atoms with Crippen LogP contribution in [0.3, 0.4) is 0 Å². The second-order valence-electron chi connectivity index (χ2n) is 5.77. The molecular formula is C15H23N5O3S3. The monoisotopic (exact) mass is 417 g/mol. The summed E-state index contributed by atoms with van der Waals surface area (Å²) in [4.78, 5) is 13.4. The highest BCUT2D eigenvalue weighted by atomic mass is 32.2. The quantitative estimate of drug-likeness (QED) is 0.480. The van der Waals surface area contributed by atoms with Crippen LogP contribution in [0.1, 0.15) is 26.3 Å². The Morgan fingerprint density at radius 1 is 1.54 bits per heavy atom. The van der Waals surface area contributed by atoms with Gasteiger partial charge >= 0.3 is 0 Å². The van der Waals surface area contributed by atoms with E-state index in [0.29, 0.717) is 36.7 Å². The topological polar surface area (TPSA) is 100 Å². The number of carbonyl (C=O) groups is 1. The van der Waals surface area contributed by atoms with Gasteiger partial charge in [-0.1, -0.05) is 13.0 Å². The zero-order valence-corrected chi connectivity index (χ0v) is 17.4. The maximum atomic E-state index is 12.5. The summed E-state index contributed by atoms with van der Waals surface area (Å²) < 4.78 is 26.6. The molecule has 2 N–H and O–H groups in total. The van der Waals surface area contributed by atoms with Gasteiger partial charge in [0.25, 0.3) is 0 Å². The van der Waals surface area contributed by atoms with Gasteiger partial charge in [0.05, 0.1) is 11.1 Å². The summed E-state index contributed by atoms with van der Waals surface area (Å²) in [5.74, 6) is 0.435. The number of nitrogens with zero attached hydrogens (tertiary/aromatic N) is 3. The van der Waals surface area contributed by atoms with Crippen LogP contribution >= 0.6 is 23.6 Å². The molecule has 2 aromatic heterocycles. The Hall–Kier alpha value is -1.56. The zero-order valence-electron chi connectivity index (χ0n) is 14.9. The number of sulfonamides is 1. The second kappa shape index (κ2) is 8.89. The normalized spacial score (nSPS) is 13.1. The molecule has 0 saturated carbocycles. The molecule has 1 amide bonds. The molecule has 1 unspecified atom stereocenters. The Kier molecular flexibility index (Phi) is 7.09. The first-order valence-electron chi connectivity index (χ1n) is 8.19. The number of aromatic nitrogens is 3. The predicted octanol–water partition coefficient (Wildman–Crippen LogP) is 2.02. The van der Waals surface area contributed by atoms with Crippen molar-refractivity contribution in [2.24, 2.45) is 0 Å². The molecule has 0 aliphatic heterocycles. The van der Waals surface area contributed by atoms with E-state index in [1.165, 1.54) is 21.9 Å². The van der Waals surface area contributed by atoms with Crippen molar-refractivity contribution in [2.45, 2.75) is 26.3 Å². The van der Waals surface area contributed by atoms with Gasteiger partial charge in [-0.15, -0.1) is 11.3 Å². The Morgan fingerprint density at radius 3 is 2.85 bits per heavy atom. The van der Waals surface area contributed by atoms with Gasteiger partial charge in [0, 0.05) is 19.6 Å². The van der Waals surface area contributed by atoms with Crippen LogP contribution < -0.4 is 5.32 Å². The van der Waals surface area contributed by atoms with Crippen molar-refractivity contribution in [3.05, 3.63) is 22.3 Å². The van der Waals surface area contributed by atoms with Crippen molar-refractivity contribution >= 4 is 39.5 Å². The summed E-state index contributed by atoms with van der Waals surface area (Å²) in [7, 11) is -3.21. The fourth-order valence-electron chi connectivity index (χ4n) is 2.53. The lowest BCUT2D eigenvalue weighted by atomic mass is 10.3. The Bertz CT molecular complexity index is 886. The first-order valence-corrected chi connectivity index (χ1v) is 11.3. The molecule has 0 aliphatic carbocycles. The first-order chi connectivity index (χ1) is 12.3. The van der Waals surface area contributed by atoms with E-state index < -0.39 is 16.1 Å². The number of amides is 1. The van der Waals surface area contributed by atoms with Crippen molar-refractivity contribution in [3.63, 3.8) is 0 Å². The van der Waals surface area contributed by atoms with E-state index >= 15 is 0 Å². The van der Waals surface area contributed by atoms with Gasteiger partial charge < -0.3 is 5.32 Å². The number of carbonyl (C=O) groups excluding carboxylic acids is 1. The summed E-state index contributed by atoms with van der Waals surface area (Å²) in [5, 5.41) is 11.7. The van der Waals surface area contributed by atoms with Gasteiger partial charge in [-0.25, -0.2) is 12.7 Å². The standard InChI is InChI=1S/C15H23N5O3S3/c1-4-19(26(3,22)23)9-6-8-16-14(21)11(2)20-13(17-18-15(20)24)12-7-5-10-25-12/h5,7,10-11H,4,6,8-9H2,1-3H3,(H,16,21)(H,18,24). The van der Waals surface area contributed by atoms with Gasteiger partial charge in [0.1, 0.15) is 6.04 Å². The highest BCUT2D eigenvalue weighted by molar-refractivity contribution is 7.88. The van der Waals surface area contributed by atoms with Crippen LogP contribution in [0.5, 0.6) is 0 Å². The summed E-state index contributed by atoms with van der Waals surface area (Å²) in [6, 6.07) is 3.30. The van der Waals surface area contributed by atoms with Crippen molar-refractivity contribution in [1.29, 1.82) is 0 Å². The Labute approximate surface area is 162 Å². The minimum absolute atomic E-state index is 0.192. The maximum Gasteiger partial charge on any atom is 0.242 e. The molecule has 0 saturated heterocycles. The summed E-state index contributed by atoms with van der Waals surface area (Å²) in [6.45, 7) is 4.71. The van der Waals surface area contributed by atoms with Crippen LogP contribution in [0.2, 0.25) is 0 Å². The van der Waals surface area contributed by atoms with Crippen molar-refractivity contribution in [2.75, 3.05) is 25.9 Å². The third-order valence-electron chi connectivity index (χ3n) is 3.92. The van der Waals surface area contributed by atoms with Crippen LogP contribution in [-0.4, -0.2) is 59.3 Å². The third kappa shape index (κ3) is 5.00. The predicted molar refractivity (Wildman–Crippen MR) is 105 cm³/mol. The first kappa shape index (κ1) is 20.7. The number of nitrogens with one attached hydrogen (secondary N) is 2. The number of aromatic amines is 1. The molecule has 0 fully saturated rings. The molecular weight excluding hydrogens is 394 g/mol. The number of H-pyrrole nitrogens is 1. The van der Waals surface area contributed by atoms with E-state index in [1.807, 2.05) is 17.5 Å². The molecule has 26 heavy (non-hydrogen) atoms. The summed E-state index contributed by atoms with van der Waals surface area (Å²) >= 11 is 6.78. The number of rotatable bonds is 9. The fraction of sp³-hybridized carbons (Fsp3) is 0.533. The molecule has 0 radical (unpaired) electrons. The largest absolute Gasteiger partial charge is 0.354 e. The SMILES string of the molecule is CCN(CCCNC(=O)C(C)n1c(-c2cccs2)n[nH]c1=S)S(C)(=O)=O. The van der Waals surface area contributed by atoms with E-state index in [-0.39, 0.29) is 5.91 Å². The number of hydrogen-bond acceptors (Lipinski definition) is 6. The van der Waals surface area contributed by atoms with E-state index in [1.54, 1.807) is 18.4 Å². The lowest BCUT2D eigenvalue weighted by Crippen LogP contribution is -2.35. The van der Waals surface area contributed by atoms with Crippen molar-refractivity contribution in [3.8, 4) is 10.7 Å². The molecule has 0 aliphatic rings. The van der Waals surface area contributed by atoms with Gasteiger partial charge in [-0.05, 0) is 37.0 Å². The molecule has 0 bridgehead atoms. The molecule has 2 rings (SSSR count). The molecule has 2 heterocycles. The molecule has 8 nitrogen and oxygen atoms in total. The molecule has 2 aromatic rings. The number of thiophene rings is 1. The summed E-state index contributed by atoms with van der Waals surface area (Å²) in [6.07, 6.45) is 1.72. The second-order valence-corrected chi connectivity index (χ2v) is 9.09. The van der Waals surface area contributed by atoms with Gasteiger partial charge in [0.2, 0.25) is 15.9 Å². The van der Waals surface area contributed by atoms with Gasteiger partial charge in [-0.3, -0.25) is 14.5 Å². The molecule has 11 heteroatoms. The highest BCUT2D eigenvalue weighted by Crippen LogP contribution is 2.25. The van der Waals surface area contributed by atoms with E-state index in [2.05, 4.69) is 15.5 Å². The average molecular weight is 418 g/mol. The summed E-state index contributed by atoms with van der Waals surface area (Å²) in [5.41, 5.74) is 0. The maximum absolute atomic E-state index is 12.5. The Balaban J connectivity index is 1.97. The van der Waals surface area contributed by atoms with E-state index in [4.69, 9.17) is 12.2 Å². The third-order valence-corrected chi connectivity index (χ3v) is 6.45. The van der Waals surface area contributed by atoms with Crippen LogP contribution in [0.25, 0.3) is 10.7 Å². The molecule has 0 spiro atoms. The van der Waals surface area contributed by atoms with E-state index in [0.717, 1.165) is 4.88 Å². The van der Waals surface area contributed by atoms with Gasteiger partial charge in [0.15, 0.2) is 10.6 Å².